The molecule has 1 aromatic rings. The van der Waals surface area contributed by atoms with Crippen molar-refractivity contribution >= 4 is 42.3 Å². The first-order chi connectivity index (χ1) is 12.5. The lowest BCUT2D eigenvalue weighted by Crippen LogP contribution is -2.54. The summed E-state index contributed by atoms with van der Waals surface area (Å²) in [6, 6.07) is 8.05. The van der Waals surface area contributed by atoms with Crippen LogP contribution in [0.25, 0.3) is 0 Å². The number of hydrogen-bond donors (Lipinski definition) is 3. The molecule has 6 nitrogen and oxygen atoms in total. The highest BCUT2D eigenvalue weighted by Gasteiger charge is 2.34. The summed E-state index contributed by atoms with van der Waals surface area (Å²) in [5.41, 5.74) is 6.93. The smallest absolute Gasteiger partial charge is 0.244 e. The lowest BCUT2D eigenvalue weighted by Gasteiger charge is -2.33. The zero-order valence-electron chi connectivity index (χ0n) is 16.4. The van der Waals surface area contributed by atoms with Gasteiger partial charge in [-0.3, -0.25) is 14.5 Å². The molecule has 158 valence electrons. The molecule has 2 amide bonds. The van der Waals surface area contributed by atoms with Crippen molar-refractivity contribution in [3.05, 3.63) is 29.8 Å². The number of primary amides is 1. The second-order valence-corrected chi connectivity index (χ2v) is 7.82. The number of benzene rings is 1. The van der Waals surface area contributed by atoms with E-state index in [1.165, 1.54) is 5.56 Å². The highest BCUT2D eigenvalue weighted by molar-refractivity contribution is 5.98. The maximum Gasteiger partial charge on any atom is 0.244 e. The Labute approximate surface area is 179 Å². The van der Waals surface area contributed by atoms with Crippen LogP contribution in [0.2, 0.25) is 0 Å². The van der Waals surface area contributed by atoms with Crippen molar-refractivity contribution in [2.24, 2.45) is 11.7 Å². The van der Waals surface area contributed by atoms with E-state index >= 15 is 0 Å². The minimum Gasteiger partial charge on any atom is -0.369 e. The second kappa shape index (κ2) is 11.0. The Morgan fingerprint density at radius 2 is 1.96 bits per heavy atom. The van der Waals surface area contributed by atoms with Crippen LogP contribution in [0.1, 0.15) is 44.6 Å². The van der Waals surface area contributed by atoms with E-state index in [-0.39, 0.29) is 42.5 Å². The molecule has 1 atom stereocenters. The van der Waals surface area contributed by atoms with Gasteiger partial charge < -0.3 is 16.4 Å². The van der Waals surface area contributed by atoms with Crippen molar-refractivity contribution in [3.8, 4) is 0 Å². The fourth-order valence-corrected chi connectivity index (χ4v) is 3.90. The number of amides is 2. The predicted octanol–water partition coefficient (Wildman–Crippen LogP) is 2.70. The number of halogens is 2. The number of hydrogen-bond acceptors (Lipinski definition) is 4. The molecule has 0 aromatic heterocycles. The monoisotopic (exact) mass is 430 g/mol. The van der Waals surface area contributed by atoms with Crippen LogP contribution in [0, 0.1) is 5.92 Å². The minimum absolute atomic E-state index is 0. The standard InChI is InChI=1S/C20H30N4O2.2ClH/c1-20(9-2-3-10-22-20)19(26)23-17-6-4-5-15(13-17)14-24-11-7-16(8-12-24)18(21)25;;/h4-6,13,16,22H,2-3,7-12,14H2,1H3,(H2,21,25)(H,23,26);2*1H. The van der Waals surface area contributed by atoms with E-state index in [9.17, 15) is 9.59 Å². The summed E-state index contributed by atoms with van der Waals surface area (Å²) in [4.78, 5) is 26.3. The van der Waals surface area contributed by atoms with Gasteiger partial charge >= 0.3 is 0 Å². The number of nitrogens with two attached hydrogens (primary N) is 1. The lowest BCUT2D eigenvalue weighted by atomic mass is 9.90. The van der Waals surface area contributed by atoms with Crippen molar-refractivity contribution in [2.75, 3.05) is 25.0 Å². The molecule has 2 fully saturated rings. The summed E-state index contributed by atoms with van der Waals surface area (Å²) in [5, 5.41) is 6.42. The van der Waals surface area contributed by atoms with E-state index < -0.39 is 5.54 Å². The normalized spacial score (nSPS) is 23.2. The minimum atomic E-state index is -0.481. The highest BCUT2D eigenvalue weighted by atomic mass is 35.5. The molecular formula is C20H32Cl2N4O2. The average Bonchev–Trinajstić information content (AvgIpc) is 2.63. The molecule has 1 unspecified atom stereocenters. The summed E-state index contributed by atoms with van der Waals surface area (Å²) in [6.45, 7) is 5.46. The Balaban J connectivity index is 0.00000196. The fraction of sp³-hybridized carbons (Fsp3) is 0.600. The molecule has 0 spiro atoms. The van der Waals surface area contributed by atoms with Gasteiger partial charge in [0.2, 0.25) is 11.8 Å². The molecule has 0 saturated carbocycles. The second-order valence-electron chi connectivity index (χ2n) is 7.82. The first-order valence-corrected chi connectivity index (χ1v) is 9.63. The van der Waals surface area contributed by atoms with Crippen LogP contribution in [0.4, 0.5) is 5.69 Å². The number of likely N-dealkylation sites (tertiary alicyclic amines) is 1. The number of nitrogens with one attached hydrogen (secondary N) is 2. The maximum absolute atomic E-state index is 12.7. The fourth-order valence-electron chi connectivity index (χ4n) is 3.90. The molecule has 2 aliphatic heterocycles. The van der Waals surface area contributed by atoms with Crippen LogP contribution in [0.3, 0.4) is 0 Å². The molecule has 3 rings (SSSR count). The average molecular weight is 431 g/mol. The molecule has 2 heterocycles. The Bertz CT molecular complexity index is 657. The number of anilines is 1. The molecule has 0 aliphatic carbocycles. The van der Waals surface area contributed by atoms with Crippen molar-refractivity contribution in [1.82, 2.24) is 10.2 Å². The molecule has 28 heavy (non-hydrogen) atoms. The van der Waals surface area contributed by atoms with Crippen LogP contribution in [-0.4, -0.2) is 41.9 Å². The van der Waals surface area contributed by atoms with E-state index in [2.05, 4.69) is 21.6 Å². The maximum atomic E-state index is 12.7. The summed E-state index contributed by atoms with van der Waals surface area (Å²) in [5.74, 6) is -0.128. The van der Waals surface area contributed by atoms with Crippen LogP contribution < -0.4 is 16.4 Å². The number of carbonyl (C=O) groups excluding carboxylic acids is 2. The topological polar surface area (TPSA) is 87.5 Å². The number of piperidine rings is 2. The molecule has 4 N–H and O–H groups in total. The van der Waals surface area contributed by atoms with E-state index in [1.54, 1.807) is 0 Å². The van der Waals surface area contributed by atoms with Crippen molar-refractivity contribution < 1.29 is 9.59 Å². The molecule has 1 aromatic carbocycles. The van der Waals surface area contributed by atoms with Crippen LogP contribution in [0.5, 0.6) is 0 Å². The van der Waals surface area contributed by atoms with Gasteiger partial charge in [-0.2, -0.15) is 0 Å². The van der Waals surface area contributed by atoms with Crippen molar-refractivity contribution in [1.29, 1.82) is 0 Å². The first kappa shape index (κ1) is 24.7. The van der Waals surface area contributed by atoms with Gasteiger partial charge in [-0.05, 0) is 76.4 Å². The largest absolute Gasteiger partial charge is 0.369 e. The highest BCUT2D eigenvalue weighted by Crippen LogP contribution is 2.23. The lowest BCUT2D eigenvalue weighted by molar-refractivity contribution is -0.123. The third-order valence-corrected chi connectivity index (χ3v) is 5.70. The van der Waals surface area contributed by atoms with E-state index in [0.29, 0.717) is 0 Å². The summed E-state index contributed by atoms with van der Waals surface area (Å²) in [6.07, 6.45) is 4.74. The van der Waals surface area contributed by atoms with Gasteiger partial charge in [0.25, 0.3) is 0 Å². The van der Waals surface area contributed by atoms with Crippen LogP contribution >= 0.6 is 24.8 Å². The van der Waals surface area contributed by atoms with Crippen LogP contribution in [-0.2, 0) is 16.1 Å². The van der Waals surface area contributed by atoms with Crippen LogP contribution in [0.15, 0.2) is 24.3 Å². The Morgan fingerprint density at radius 1 is 1.25 bits per heavy atom. The van der Waals surface area contributed by atoms with Crippen molar-refractivity contribution in [2.45, 2.75) is 51.1 Å². The number of carbonyl (C=O) groups is 2. The Morgan fingerprint density at radius 3 is 2.57 bits per heavy atom. The molecule has 2 saturated heterocycles. The van der Waals surface area contributed by atoms with Gasteiger partial charge in [0, 0.05) is 18.2 Å². The Kier molecular flexibility index (Phi) is 9.70. The number of rotatable bonds is 5. The van der Waals surface area contributed by atoms with E-state index in [1.807, 2.05) is 25.1 Å². The Hall–Kier alpha value is -1.34. The van der Waals surface area contributed by atoms with Gasteiger partial charge in [-0.15, -0.1) is 24.8 Å². The van der Waals surface area contributed by atoms with E-state index in [0.717, 1.165) is 64.0 Å². The third-order valence-electron chi connectivity index (χ3n) is 5.70. The van der Waals surface area contributed by atoms with Gasteiger partial charge in [-0.1, -0.05) is 12.1 Å². The summed E-state index contributed by atoms with van der Waals surface area (Å²) in [7, 11) is 0. The van der Waals surface area contributed by atoms with Gasteiger partial charge in [0.05, 0.1) is 5.54 Å². The summed E-state index contributed by atoms with van der Waals surface area (Å²) < 4.78 is 0. The van der Waals surface area contributed by atoms with Gasteiger partial charge in [0.1, 0.15) is 0 Å². The number of nitrogens with zero attached hydrogens (tertiary/aromatic N) is 1. The molecule has 0 radical (unpaired) electrons. The zero-order valence-corrected chi connectivity index (χ0v) is 18.0. The molecule has 0 bridgehead atoms. The summed E-state index contributed by atoms with van der Waals surface area (Å²) >= 11 is 0. The SMILES string of the molecule is CC1(C(=O)Nc2cccc(CN3CCC(C(N)=O)CC3)c2)CCCCN1.Cl.Cl. The molecule has 2 aliphatic rings. The third kappa shape index (κ3) is 6.34. The van der Waals surface area contributed by atoms with Gasteiger partial charge in [-0.25, -0.2) is 0 Å². The van der Waals surface area contributed by atoms with Crippen molar-refractivity contribution in [3.63, 3.8) is 0 Å². The molecule has 8 heteroatoms. The van der Waals surface area contributed by atoms with E-state index in [4.69, 9.17) is 5.73 Å². The molecular weight excluding hydrogens is 399 g/mol. The first-order valence-electron chi connectivity index (χ1n) is 9.63. The zero-order chi connectivity index (χ0) is 18.6. The quantitative estimate of drug-likeness (QED) is 0.669. The van der Waals surface area contributed by atoms with Gasteiger partial charge in [0.15, 0.2) is 0 Å². The predicted molar refractivity (Wildman–Crippen MR) is 117 cm³/mol.